The normalized spacial score (nSPS) is 18.6. The first kappa shape index (κ1) is 25.6. The summed E-state index contributed by atoms with van der Waals surface area (Å²) in [5.41, 5.74) is 0.766. The number of carbonyl (C=O) groups is 1. The van der Waals surface area contributed by atoms with Gasteiger partial charge in [0.15, 0.2) is 0 Å². The summed E-state index contributed by atoms with van der Waals surface area (Å²) in [6.45, 7) is 9.20. The van der Waals surface area contributed by atoms with Gasteiger partial charge in [0.2, 0.25) is 0 Å². The molecule has 0 radical (unpaired) electrons. The Balaban J connectivity index is 1.54. The summed E-state index contributed by atoms with van der Waals surface area (Å²) in [6, 6.07) is 2.45. The Bertz CT molecular complexity index is 1200. The van der Waals surface area contributed by atoms with Crippen molar-refractivity contribution in [2.45, 2.75) is 38.6 Å². The van der Waals surface area contributed by atoms with Crippen molar-refractivity contribution in [3.8, 4) is 0 Å². The van der Waals surface area contributed by atoms with Crippen LogP contribution in [0.1, 0.15) is 48.8 Å². The van der Waals surface area contributed by atoms with Crippen molar-refractivity contribution in [2.75, 3.05) is 31.1 Å². The molecule has 0 saturated carbocycles. The second-order valence-corrected chi connectivity index (χ2v) is 9.13. The minimum atomic E-state index is -4.83. The van der Waals surface area contributed by atoms with Crippen molar-refractivity contribution in [3.63, 3.8) is 0 Å². The zero-order valence-electron chi connectivity index (χ0n) is 19.9. The van der Waals surface area contributed by atoms with Gasteiger partial charge in [0.1, 0.15) is 24.1 Å². The van der Waals surface area contributed by atoms with Gasteiger partial charge in [-0.15, -0.1) is 0 Å². The molecule has 7 nitrogen and oxygen atoms in total. The van der Waals surface area contributed by atoms with Crippen LogP contribution in [0, 0.1) is 5.82 Å². The summed E-state index contributed by atoms with van der Waals surface area (Å²) < 4.78 is 53.3. The summed E-state index contributed by atoms with van der Waals surface area (Å²) in [6.07, 6.45) is -2.34. The van der Waals surface area contributed by atoms with Crippen molar-refractivity contribution >= 4 is 22.9 Å². The van der Waals surface area contributed by atoms with Crippen LogP contribution in [-0.4, -0.2) is 58.1 Å². The molecule has 2 heterocycles. The highest BCUT2D eigenvalue weighted by molar-refractivity contribution is 6.19. The maximum Gasteiger partial charge on any atom is 0.419 e. The SMILES string of the molecule is C=C1CC(O)c2ncnc(N3CCN(C(=O)/C(=C/NC(C)C)c4ccc(C(F)(F)F)c(F)c4)CC3)c21. The molecule has 1 aliphatic heterocycles. The van der Waals surface area contributed by atoms with E-state index < -0.39 is 29.6 Å². The number of carbonyl (C=O) groups excluding carboxylic acids is 1. The highest BCUT2D eigenvalue weighted by atomic mass is 19.4. The lowest BCUT2D eigenvalue weighted by Crippen LogP contribution is -2.49. The predicted octanol–water partition coefficient (Wildman–Crippen LogP) is 3.77. The highest BCUT2D eigenvalue weighted by Gasteiger charge is 2.35. The molecule has 2 aliphatic rings. The molecule has 1 atom stereocenters. The zero-order valence-corrected chi connectivity index (χ0v) is 19.9. The van der Waals surface area contributed by atoms with Crippen LogP contribution in [0.5, 0.6) is 0 Å². The predicted molar refractivity (Wildman–Crippen MR) is 127 cm³/mol. The van der Waals surface area contributed by atoms with Crippen molar-refractivity contribution < 1.29 is 27.5 Å². The molecule has 192 valence electrons. The Kier molecular flexibility index (Phi) is 7.03. The van der Waals surface area contributed by atoms with Crippen molar-refractivity contribution in [1.29, 1.82) is 0 Å². The number of halogens is 4. The fourth-order valence-electron chi connectivity index (χ4n) is 4.38. The third-order valence-electron chi connectivity index (χ3n) is 6.21. The Morgan fingerprint density at radius 3 is 2.53 bits per heavy atom. The fourth-order valence-corrected chi connectivity index (χ4v) is 4.38. The first-order valence-electron chi connectivity index (χ1n) is 11.6. The van der Waals surface area contributed by atoms with E-state index in [1.807, 2.05) is 18.7 Å². The number of nitrogens with zero attached hydrogens (tertiary/aromatic N) is 4. The highest BCUT2D eigenvalue weighted by Crippen LogP contribution is 2.41. The van der Waals surface area contributed by atoms with Crippen molar-refractivity contribution in [2.24, 2.45) is 0 Å². The summed E-state index contributed by atoms with van der Waals surface area (Å²) in [5.74, 6) is -1.21. The number of alkyl halides is 3. The average molecular weight is 506 g/mol. The van der Waals surface area contributed by atoms with Gasteiger partial charge in [0.05, 0.1) is 16.8 Å². The molecule has 36 heavy (non-hydrogen) atoms. The molecule has 1 aromatic carbocycles. The molecule has 1 unspecified atom stereocenters. The van der Waals surface area contributed by atoms with Gasteiger partial charge in [0.25, 0.3) is 5.91 Å². The third-order valence-corrected chi connectivity index (χ3v) is 6.21. The lowest BCUT2D eigenvalue weighted by molar-refractivity contribution is -0.140. The number of hydrogen-bond acceptors (Lipinski definition) is 6. The summed E-state index contributed by atoms with van der Waals surface area (Å²) in [4.78, 5) is 25.5. The molecule has 1 saturated heterocycles. The molecule has 4 rings (SSSR count). The van der Waals surface area contributed by atoms with E-state index in [1.54, 1.807) is 4.90 Å². The van der Waals surface area contributed by atoms with Crippen LogP contribution < -0.4 is 10.2 Å². The van der Waals surface area contributed by atoms with E-state index in [0.29, 0.717) is 50.2 Å². The maximum absolute atomic E-state index is 14.3. The molecule has 1 aliphatic carbocycles. The van der Waals surface area contributed by atoms with E-state index in [0.717, 1.165) is 23.3 Å². The zero-order chi connectivity index (χ0) is 26.2. The molecule has 1 amide bonds. The van der Waals surface area contributed by atoms with Crippen LogP contribution in [-0.2, 0) is 11.0 Å². The van der Waals surface area contributed by atoms with Crippen molar-refractivity contribution in [1.82, 2.24) is 20.2 Å². The number of aromatic nitrogens is 2. The van der Waals surface area contributed by atoms with E-state index in [1.165, 1.54) is 12.5 Å². The van der Waals surface area contributed by atoms with Gasteiger partial charge in [-0.05, 0) is 37.1 Å². The number of fused-ring (bicyclic) bond motifs is 1. The molecule has 1 aromatic heterocycles. The van der Waals surface area contributed by atoms with Gasteiger partial charge in [0, 0.05) is 50.4 Å². The quantitative estimate of drug-likeness (QED) is 0.476. The topological polar surface area (TPSA) is 81.6 Å². The molecule has 2 N–H and O–H groups in total. The number of nitrogens with one attached hydrogen (secondary N) is 1. The number of amides is 1. The first-order valence-corrected chi connectivity index (χ1v) is 11.6. The molecule has 11 heteroatoms. The average Bonchev–Trinajstić information content (AvgIpc) is 3.12. The first-order chi connectivity index (χ1) is 17.0. The molecule has 0 spiro atoms. The van der Waals surface area contributed by atoms with E-state index in [4.69, 9.17) is 0 Å². The number of benzene rings is 1. The van der Waals surface area contributed by atoms with Gasteiger partial charge in [-0.1, -0.05) is 12.6 Å². The van der Waals surface area contributed by atoms with Gasteiger partial charge in [-0.2, -0.15) is 13.2 Å². The lowest BCUT2D eigenvalue weighted by Gasteiger charge is -2.36. The number of aliphatic hydroxyl groups is 1. The van der Waals surface area contributed by atoms with Crippen LogP contribution in [0.25, 0.3) is 11.1 Å². The number of rotatable bonds is 5. The van der Waals surface area contributed by atoms with Gasteiger partial charge >= 0.3 is 6.18 Å². The van der Waals surface area contributed by atoms with Gasteiger partial charge < -0.3 is 20.2 Å². The molecular formula is C25H27F4N5O2. The van der Waals surface area contributed by atoms with Crippen LogP contribution in [0.3, 0.4) is 0 Å². The van der Waals surface area contributed by atoms with E-state index in [9.17, 15) is 27.5 Å². The van der Waals surface area contributed by atoms with Crippen LogP contribution in [0.2, 0.25) is 0 Å². The number of aliphatic hydroxyl groups excluding tert-OH is 1. The molecule has 0 bridgehead atoms. The minimum absolute atomic E-state index is 0.0488. The standard InChI is InChI=1S/C25H27F4N5O2/c1-14(2)30-12-17(16-4-5-18(19(26)11-16)25(27,28)29)24(36)34-8-6-33(7-9-34)23-21-15(3)10-20(35)22(21)31-13-32-23/h4-5,11-14,20,30,35H,3,6-10H2,1-2H3/b17-12+. The Hall–Kier alpha value is -3.47. The van der Waals surface area contributed by atoms with Gasteiger partial charge in [-0.25, -0.2) is 14.4 Å². The fraction of sp³-hybridized carbons (Fsp3) is 0.400. The van der Waals surface area contributed by atoms with E-state index in [2.05, 4.69) is 21.9 Å². The third kappa shape index (κ3) is 5.06. The summed E-state index contributed by atoms with van der Waals surface area (Å²) in [5, 5.41) is 13.2. The van der Waals surface area contributed by atoms with Crippen molar-refractivity contribution in [3.05, 3.63) is 65.5 Å². The van der Waals surface area contributed by atoms with E-state index in [-0.39, 0.29) is 17.2 Å². The monoisotopic (exact) mass is 505 g/mol. The second kappa shape index (κ2) is 9.88. The number of piperazine rings is 1. The Morgan fingerprint density at radius 1 is 1.22 bits per heavy atom. The Labute approximate surface area is 206 Å². The van der Waals surface area contributed by atoms with E-state index >= 15 is 0 Å². The Morgan fingerprint density at radius 2 is 1.92 bits per heavy atom. The maximum atomic E-state index is 14.3. The minimum Gasteiger partial charge on any atom is -0.388 e. The summed E-state index contributed by atoms with van der Waals surface area (Å²) >= 11 is 0. The van der Waals surface area contributed by atoms with Crippen LogP contribution in [0.15, 0.2) is 37.3 Å². The molecule has 1 fully saturated rings. The van der Waals surface area contributed by atoms with Gasteiger partial charge in [-0.3, -0.25) is 4.79 Å². The summed E-state index contributed by atoms with van der Waals surface area (Å²) in [7, 11) is 0. The second-order valence-electron chi connectivity index (χ2n) is 9.13. The number of hydrogen-bond donors (Lipinski definition) is 2. The largest absolute Gasteiger partial charge is 0.419 e. The molecule has 2 aromatic rings. The lowest BCUT2D eigenvalue weighted by atomic mass is 10.0. The number of anilines is 1. The van der Waals surface area contributed by atoms with Crippen LogP contribution >= 0.6 is 0 Å². The van der Waals surface area contributed by atoms with Crippen LogP contribution in [0.4, 0.5) is 23.4 Å². The molecular weight excluding hydrogens is 478 g/mol. The smallest absolute Gasteiger partial charge is 0.388 e.